The van der Waals surface area contributed by atoms with Gasteiger partial charge in [0.1, 0.15) is 0 Å². The van der Waals surface area contributed by atoms with Crippen LogP contribution in [-0.2, 0) is 12.8 Å². The van der Waals surface area contributed by atoms with E-state index in [1.165, 1.54) is 44.1 Å². The van der Waals surface area contributed by atoms with Gasteiger partial charge in [0.25, 0.3) is 0 Å². The first-order valence-corrected chi connectivity index (χ1v) is 15.2. The van der Waals surface area contributed by atoms with E-state index < -0.39 is 0 Å². The molecule has 3 rings (SSSR count). The maximum Gasteiger partial charge on any atom is 0.194 e. The first kappa shape index (κ1) is 30.1. The van der Waals surface area contributed by atoms with Crippen LogP contribution in [0.5, 0.6) is 0 Å². The van der Waals surface area contributed by atoms with E-state index in [0.29, 0.717) is 22.3 Å². The minimum absolute atomic E-state index is 0.000705. The highest BCUT2D eigenvalue weighted by Crippen LogP contribution is 2.30. The number of fused-ring (bicyclic) bond motifs is 2. The van der Waals surface area contributed by atoms with Crippen LogP contribution in [0.3, 0.4) is 0 Å². The molecule has 1 aliphatic rings. The average molecular weight is 515 g/mol. The van der Waals surface area contributed by atoms with Crippen LogP contribution in [0.15, 0.2) is 48.0 Å². The number of benzene rings is 2. The molecule has 0 saturated carbocycles. The van der Waals surface area contributed by atoms with Crippen LogP contribution >= 0.6 is 0 Å². The Morgan fingerprint density at radius 2 is 1.18 bits per heavy atom. The van der Waals surface area contributed by atoms with Crippen molar-refractivity contribution in [2.45, 2.75) is 112 Å². The van der Waals surface area contributed by atoms with Crippen molar-refractivity contribution in [2.75, 3.05) is 0 Å². The summed E-state index contributed by atoms with van der Waals surface area (Å²) in [5.74, 6) is 2.25. The monoisotopic (exact) mass is 514 g/mol. The van der Waals surface area contributed by atoms with E-state index in [9.17, 15) is 9.59 Å². The molecule has 0 amide bonds. The van der Waals surface area contributed by atoms with Gasteiger partial charge in [0.05, 0.1) is 0 Å². The number of ketones is 2. The fourth-order valence-corrected chi connectivity index (χ4v) is 5.61. The maximum atomic E-state index is 13.5. The lowest BCUT2D eigenvalue weighted by atomic mass is 9.82. The standard InChI is InChI=1S/C36H50O2/c1-25(2)11-7-13-27(5)15-9-17-29-19-21-31-33(23-29)36(38)34-24-30(20-22-32(34)35(31)37)18-10-16-28(6)14-8-12-26(3)4/h15,19-26,28H,7-14,16-18H2,1-6H3. The third-order valence-corrected chi connectivity index (χ3v) is 8.07. The van der Waals surface area contributed by atoms with Crippen molar-refractivity contribution in [3.63, 3.8) is 0 Å². The molecule has 0 fully saturated rings. The van der Waals surface area contributed by atoms with E-state index in [4.69, 9.17) is 0 Å². The van der Waals surface area contributed by atoms with Crippen LogP contribution in [-0.4, -0.2) is 11.6 Å². The molecule has 0 radical (unpaired) electrons. The first-order chi connectivity index (χ1) is 18.2. The van der Waals surface area contributed by atoms with Gasteiger partial charge in [-0.05, 0) is 86.5 Å². The zero-order chi connectivity index (χ0) is 27.7. The van der Waals surface area contributed by atoms with Gasteiger partial charge in [-0.2, -0.15) is 0 Å². The lowest BCUT2D eigenvalue weighted by Gasteiger charge is -2.19. The summed E-state index contributed by atoms with van der Waals surface area (Å²) in [5.41, 5.74) is 6.01. The Bertz CT molecular complexity index is 1120. The van der Waals surface area contributed by atoms with Gasteiger partial charge < -0.3 is 0 Å². The van der Waals surface area contributed by atoms with Crippen LogP contribution in [0.4, 0.5) is 0 Å². The zero-order valence-electron chi connectivity index (χ0n) is 24.9. The number of rotatable bonds is 15. The summed E-state index contributed by atoms with van der Waals surface area (Å²) in [6.07, 6.45) is 15.1. The van der Waals surface area contributed by atoms with Crippen LogP contribution < -0.4 is 0 Å². The zero-order valence-corrected chi connectivity index (χ0v) is 24.9. The van der Waals surface area contributed by atoms with Crippen molar-refractivity contribution in [1.82, 2.24) is 0 Å². The topological polar surface area (TPSA) is 34.1 Å². The van der Waals surface area contributed by atoms with Gasteiger partial charge in [0, 0.05) is 22.3 Å². The molecule has 0 aliphatic heterocycles. The molecule has 0 bridgehead atoms. The number of hydrogen-bond donors (Lipinski definition) is 0. The molecule has 2 nitrogen and oxygen atoms in total. The van der Waals surface area contributed by atoms with E-state index in [-0.39, 0.29) is 11.6 Å². The highest BCUT2D eigenvalue weighted by atomic mass is 16.1. The third kappa shape index (κ3) is 8.79. The molecule has 1 aliphatic carbocycles. The van der Waals surface area contributed by atoms with E-state index in [1.54, 1.807) is 0 Å². The third-order valence-electron chi connectivity index (χ3n) is 8.07. The molecule has 0 aromatic heterocycles. The summed E-state index contributed by atoms with van der Waals surface area (Å²) in [6.45, 7) is 13.7. The smallest absolute Gasteiger partial charge is 0.194 e. The molecule has 2 aromatic carbocycles. The second kappa shape index (κ2) is 14.6. The summed E-state index contributed by atoms with van der Waals surface area (Å²) in [6, 6.07) is 11.8. The average Bonchev–Trinajstić information content (AvgIpc) is 2.86. The minimum Gasteiger partial charge on any atom is -0.289 e. The predicted octanol–water partition coefficient (Wildman–Crippen LogP) is 9.95. The van der Waals surface area contributed by atoms with Gasteiger partial charge in [-0.3, -0.25) is 9.59 Å². The highest BCUT2D eigenvalue weighted by molar-refractivity contribution is 6.28. The molecule has 0 saturated heterocycles. The SMILES string of the molecule is CC(=CCCc1ccc2c(c1)C(=O)c1cc(CCCC(C)CCCC(C)C)ccc1C2=O)CCCC(C)C. The molecule has 38 heavy (non-hydrogen) atoms. The van der Waals surface area contributed by atoms with Gasteiger partial charge in [-0.25, -0.2) is 0 Å². The Labute approximate surface area is 232 Å². The Morgan fingerprint density at radius 3 is 1.79 bits per heavy atom. The number of carbonyl (C=O) groups excluding carboxylic acids is 2. The number of carbonyl (C=O) groups is 2. The summed E-state index contributed by atoms with van der Waals surface area (Å²) in [5, 5.41) is 0. The molecule has 1 unspecified atom stereocenters. The summed E-state index contributed by atoms with van der Waals surface area (Å²) in [7, 11) is 0. The summed E-state index contributed by atoms with van der Waals surface area (Å²) in [4.78, 5) is 26.7. The molecular formula is C36H50O2. The normalized spacial score (nSPS) is 14.3. The quantitative estimate of drug-likeness (QED) is 0.189. The first-order valence-electron chi connectivity index (χ1n) is 15.2. The minimum atomic E-state index is -0.0210. The fraction of sp³-hybridized carbons (Fsp3) is 0.556. The van der Waals surface area contributed by atoms with Gasteiger partial charge in [0.2, 0.25) is 0 Å². The Hall–Kier alpha value is -2.48. The Balaban J connectivity index is 1.60. The van der Waals surface area contributed by atoms with Crippen molar-refractivity contribution in [3.05, 3.63) is 81.4 Å². The van der Waals surface area contributed by atoms with Gasteiger partial charge in [-0.1, -0.05) is 103 Å². The van der Waals surface area contributed by atoms with Crippen LogP contribution in [0, 0.1) is 17.8 Å². The summed E-state index contributed by atoms with van der Waals surface area (Å²) >= 11 is 0. The number of aryl methyl sites for hydroxylation is 2. The van der Waals surface area contributed by atoms with Crippen LogP contribution in [0.2, 0.25) is 0 Å². The van der Waals surface area contributed by atoms with Gasteiger partial charge in [0.15, 0.2) is 11.6 Å². The molecular weight excluding hydrogens is 464 g/mol. The van der Waals surface area contributed by atoms with E-state index in [0.717, 1.165) is 61.0 Å². The highest BCUT2D eigenvalue weighted by Gasteiger charge is 2.29. The lowest BCUT2D eigenvalue weighted by Crippen LogP contribution is -2.21. The number of allylic oxidation sites excluding steroid dienone is 2. The van der Waals surface area contributed by atoms with E-state index in [1.807, 2.05) is 36.4 Å². The predicted molar refractivity (Wildman–Crippen MR) is 161 cm³/mol. The largest absolute Gasteiger partial charge is 0.289 e. The number of hydrogen-bond acceptors (Lipinski definition) is 2. The lowest BCUT2D eigenvalue weighted by molar-refractivity contribution is 0.0979. The van der Waals surface area contributed by atoms with Crippen molar-refractivity contribution in [1.29, 1.82) is 0 Å². The summed E-state index contributed by atoms with van der Waals surface area (Å²) < 4.78 is 0. The molecule has 206 valence electrons. The molecule has 0 heterocycles. The van der Waals surface area contributed by atoms with E-state index >= 15 is 0 Å². The molecule has 2 heteroatoms. The maximum absolute atomic E-state index is 13.5. The fourth-order valence-electron chi connectivity index (χ4n) is 5.61. The van der Waals surface area contributed by atoms with Crippen molar-refractivity contribution in [2.24, 2.45) is 17.8 Å². The van der Waals surface area contributed by atoms with Crippen molar-refractivity contribution in [3.8, 4) is 0 Å². The van der Waals surface area contributed by atoms with E-state index in [2.05, 4.69) is 47.6 Å². The molecule has 0 N–H and O–H groups in total. The second-order valence-corrected chi connectivity index (χ2v) is 12.6. The van der Waals surface area contributed by atoms with Crippen LogP contribution in [0.25, 0.3) is 0 Å². The Kier molecular flexibility index (Phi) is 11.6. The van der Waals surface area contributed by atoms with Crippen LogP contribution in [0.1, 0.15) is 142 Å². The second-order valence-electron chi connectivity index (χ2n) is 12.6. The molecule has 0 spiro atoms. The molecule has 1 atom stereocenters. The van der Waals surface area contributed by atoms with Gasteiger partial charge >= 0.3 is 0 Å². The molecule has 2 aromatic rings. The van der Waals surface area contributed by atoms with Gasteiger partial charge in [-0.15, -0.1) is 0 Å². The van der Waals surface area contributed by atoms with Crippen molar-refractivity contribution < 1.29 is 9.59 Å². The van der Waals surface area contributed by atoms with Crippen molar-refractivity contribution >= 4 is 11.6 Å². The Morgan fingerprint density at radius 1 is 0.658 bits per heavy atom.